The van der Waals surface area contributed by atoms with Crippen LogP contribution in [0.3, 0.4) is 0 Å². The molecule has 0 aliphatic heterocycles. The highest BCUT2D eigenvalue weighted by Crippen LogP contribution is 2.45. The molecule has 0 fully saturated rings. The van der Waals surface area contributed by atoms with Crippen LogP contribution < -0.4 is 0 Å². The van der Waals surface area contributed by atoms with E-state index >= 15 is 0 Å². The molecule has 274 valence electrons. The van der Waals surface area contributed by atoms with Crippen molar-refractivity contribution in [2.45, 2.75) is 0 Å². The number of hydrogen-bond donors (Lipinski definition) is 0. The molecule has 12 aromatic rings. The highest BCUT2D eigenvalue weighted by atomic mass is 15.0. The maximum Gasteiger partial charge on any atom is 0.0619 e. The summed E-state index contributed by atoms with van der Waals surface area (Å²) < 4.78 is 2.47. The van der Waals surface area contributed by atoms with Crippen molar-refractivity contribution in [2.24, 2.45) is 0 Å². The third-order valence-corrected chi connectivity index (χ3v) is 12.4. The zero-order valence-corrected chi connectivity index (χ0v) is 32.3. The van der Waals surface area contributed by atoms with Crippen LogP contribution in [-0.4, -0.2) is 4.57 Å². The van der Waals surface area contributed by atoms with Gasteiger partial charge in [0.25, 0.3) is 0 Å². The van der Waals surface area contributed by atoms with Crippen LogP contribution in [0.25, 0.3) is 115 Å². The van der Waals surface area contributed by atoms with Crippen molar-refractivity contribution in [3.63, 3.8) is 0 Å². The van der Waals surface area contributed by atoms with Crippen LogP contribution in [0, 0.1) is 0 Å². The SMILES string of the molecule is c1ccc(-c2cc3c4ccccc4n(-c4ccc(-c5c6ccccc6c(-c6ccc(-c7cccc8ccccc78)cc6)c6ccccc56)cc4)c3c3ccccc23)cc1. The fourth-order valence-electron chi connectivity index (χ4n) is 9.77. The summed E-state index contributed by atoms with van der Waals surface area (Å²) >= 11 is 0. The molecule has 0 amide bonds. The van der Waals surface area contributed by atoms with Crippen LogP contribution in [0.1, 0.15) is 0 Å². The molecule has 11 aromatic carbocycles. The lowest BCUT2D eigenvalue weighted by Gasteiger charge is -2.18. The van der Waals surface area contributed by atoms with Crippen LogP contribution in [0.5, 0.6) is 0 Å². The molecule has 59 heavy (non-hydrogen) atoms. The summed E-state index contributed by atoms with van der Waals surface area (Å²) in [5, 5.41) is 12.6. The Kier molecular flexibility index (Phi) is 7.61. The zero-order chi connectivity index (χ0) is 38.9. The first-order chi connectivity index (χ1) is 29.3. The number of aromatic nitrogens is 1. The third-order valence-electron chi connectivity index (χ3n) is 12.4. The normalized spacial score (nSPS) is 11.7. The maximum atomic E-state index is 2.47. The number of benzene rings is 11. The molecule has 0 unspecified atom stereocenters. The van der Waals surface area contributed by atoms with Crippen molar-refractivity contribution in [2.75, 3.05) is 0 Å². The monoisotopic (exact) mass is 747 g/mol. The largest absolute Gasteiger partial charge is 0.309 e. The van der Waals surface area contributed by atoms with Crippen molar-refractivity contribution in [1.82, 2.24) is 4.57 Å². The average Bonchev–Trinajstić information content (AvgIpc) is 3.65. The van der Waals surface area contributed by atoms with Gasteiger partial charge in [-0.2, -0.15) is 0 Å². The van der Waals surface area contributed by atoms with Gasteiger partial charge in [-0.05, 0) is 106 Å². The van der Waals surface area contributed by atoms with Gasteiger partial charge in [-0.15, -0.1) is 0 Å². The Balaban J connectivity index is 1.02. The first-order valence-electron chi connectivity index (χ1n) is 20.4. The molecule has 1 aromatic heterocycles. The molecule has 12 rings (SSSR count). The van der Waals surface area contributed by atoms with Gasteiger partial charge >= 0.3 is 0 Å². The Bertz CT molecular complexity index is 3510. The van der Waals surface area contributed by atoms with Crippen LogP contribution in [0.15, 0.2) is 224 Å². The minimum absolute atomic E-state index is 1.15. The quantitative estimate of drug-likeness (QED) is 0.155. The molecule has 0 aliphatic rings. The Hall–Kier alpha value is -7.74. The molecule has 0 atom stereocenters. The van der Waals surface area contributed by atoms with E-state index in [9.17, 15) is 0 Å². The van der Waals surface area contributed by atoms with E-state index in [0.717, 1.165) is 5.69 Å². The molecule has 0 radical (unpaired) electrons. The summed E-state index contributed by atoms with van der Waals surface area (Å²) in [4.78, 5) is 0. The first kappa shape index (κ1) is 33.4. The minimum Gasteiger partial charge on any atom is -0.309 e. The van der Waals surface area contributed by atoms with Gasteiger partial charge in [-0.25, -0.2) is 0 Å². The van der Waals surface area contributed by atoms with E-state index in [1.54, 1.807) is 0 Å². The van der Waals surface area contributed by atoms with E-state index in [0.29, 0.717) is 0 Å². The van der Waals surface area contributed by atoms with E-state index in [4.69, 9.17) is 0 Å². The Labute approximate surface area is 342 Å². The van der Waals surface area contributed by atoms with Crippen molar-refractivity contribution in [1.29, 1.82) is 0 Å². The number of fused-ring (bicyclic) bond motifs is 8. The summed E-state index contributed by atoms with van der Waals surface area (Å²) in [7, 11) is 0. The number of para-hydroxylation sites is 1. The molecule has 0 aliphatic carbocycles. The Morgan fingerprint density at radius 2 is 0.712 bits per heavy atom. The second-order valence-corrected chi connectivity index (χ2v) is 15.6. The molecule has 1 nitrogen and oxygen atoms in total. The molecular formula is C58H37N. The smallest absolute Gasteiger partial charge is 0.0619 e. The first-order valence-corrected chi connectivity index (χ1v) is 20.4. The average molecular weight is 748 g/mol. The van der Waals surface area contributed by atoms with Crippen molar-refractivity contribution in [3.8, 4) is 50.2 Å². The van der Waals surface area contributed by atoms with Gasteiger partial charge in [0.15, 0.2) is 0 Å². The fourth-order valence-corrected chi connectivity index (χ4v) is 9.77. The summed E-state index contributed by atoms with van der Waals surface area (Å²) in [6, 6.07) is 82.4. The van der Waals surface area contributed by atoms with Gasteiger partial charge in [-0.3, -0.25) is 0 Å². The standard InChI is InChI=1S/C58H37N/c1-2-15-39(16-3-1)53-37-54-47-21-12-13-28-55(47)59(58(54)52-26-11-6-20-46(52)53)43-35-33-42(34-36-43)57-50-24-9-7-22-48(50)56(49-23-8-10-25-51(49)57)41-31-29-40(30-32-41)45-27-14-18-38-17-4-5-19-44(38)45/h1-37H. The summed E-state index contributed by atoms with van der Waals surface area (Å²) in [6.07, 6.45) is 0. The van der Waals surface area contributed by atoms with E-state index in [1.165, 1.54) is 109 Å². The summed E-state index contributed by atoms with van der Waals surface area (Å²) in [6.45, 7) is 0. The highest BCUT2D eigenvalue weighted by molar-refractivity contribution is 6.23. The lowest BCUT2D eigenvalue weighted by Crippen LogP contribution is -1.96. The molecule has 0 saturated heterocycles. The molecule has 0 saturated carbocycles. The molecule has 1 heterocycles. The van der Waals surface area contributed by atoms with Gasteiger partial charge in [0.05, 0.1) is 11.0 Å². The van der Waals surface area contributed by atoms with Crippen LogP contribution in [-0.2, 0) is 0 Å². The van der Waals surface area contributed by atoms with Gasteiger partial charge in [0.2, 0.25) is 0 Å². The maximum absolute atomic E-state index is 2.47. The van der Waals surface area contributed by atoms with Gasteiger partial charge < -0.3 is 4.57 Å². The summed E-state index contributed by atoms with van der Waals surface area (Å²) in [5.74, 6) is 0. The molecule has 0 spiro atoms. The Morgan fingerprint density at radius 3 is 1.36 bits per heavy atom. The third kappa shape index (κ3) is 5.25. The highest BCUT2D eigenvalue weighted by Gasteiger charge is 2.20. The number of nitrogens with zero attached hydrogens (tertiary/aromatic N) is 1. The lowest BCUT2D eigenvalue weighted by atomic mass is 9.85. The topological polar surface area (TPSA) is 4.93 Å². The van der Waals surface area contributed by atoms with Crippen LogP contribution >= 0.6 is 0 Å². The van der Waals surface area contributed by atoms with Crippen molar-refractivity contribution in [3.05, 3.63) is 224 Å². The van der Waals surface area contributed by atoms with E-state index in [-0.39, 0.29) is 0 Å². The number of rotatable bonds is 5. The van der Waals surface area contributed by atoms with Crippen molar-refractivity contribution >= 4 is 64.9 Å². The van der Waals surface area contributed by atoms with Gasteiger partial charge in [0.1, 0.15) is 0 Å². The lowest BCUT2D eigenvalue weighted by molar-refractivity contribution is 1.19. The van der Waals surface area contributed by atoms with Crippen LogP contribution in [0.4, 0.5) is 0 Å². The molecular weight excluding hydrogens is 711 g/mol. The molecule has 1 heteroatoms. The molecule has 0 N–H and O–H groups in total. The zero-order valence-electron chi connectivity index (χ0n) is 32.3. The molecule has 0 bridgehead atoms. The fraction of sp³-hybridized carbons (Fsp3) is 0. The Morgan fingerprint density at radius 1 is 0.254 bits per heavy atom. The number of hydrogen-bond acceptors (Lipinski definition) is 0. The predicted octanol–water partition coefficient (Wildman–Crippen LogP) is 16.1. The van der Waals surface area contributed by atoms with E-state index in [2.05, 4.69) is 229 Å². The summed E-state index contributed by atoms with van der Waals surface area (Å²) in [5.41, 5.74) is 13.5. The minimum atomic E-state index is 1.15. The predicted molar refractivity (Wildman–Crippen MR) is 253 cm³/mol. The second kappa shape index (κ2) is 13.4. The van der Waals surface area contributed by atoms with Crippen molar-refractivity contribution < 1.29 is 0 Å². The van der Waals surface area contributed by atoms with Crippen LogP contribution in [0.2, 0.25) is 0 Å². The van der Waals surface area contributed by atoms with E-state index < -0.39 is 0 Å². The van der Waals surface area contributed by atoms with Gasteiger partial charge in [0, 0.05) is 21.8 Å². The second-order valence-electron chi connectivity index (χ2n) is 15.6. The van der Waals surface area contributed by atoms with E-state index in [1.807, 2.05) is 0 Å². The van der Waals surface area contributed by atoms with Gasteiger partial charge in [-0.1, -0.05) is 200 Å².